The van der Waals surface area contributed by atoms with E-state index in [-0.39, 0.29) is 0 Å². The van der Waals surface area contributed by atoms with E-state index in [9.17, 15) is 0 Å². The van der Waals surface area contributed by atoms with E-state index in [2.05, 4.69) is 207 Å². The van der Waals surface area contributed by atoms with Crippen LogP contribution in [0, 0.1) is 6.92 Å². The minimum Gasteiger partial charge on any atom is -0.456 e. The first kappa shape index (κ1) is 37.2. The quantitative estimate of drug-likeness (QED) is 0.161. The molecule has 2 nitrogen and oxygen atoms in total. The zero-order valence-corrected chi connectivity index (χ0v) is 36.7. The highest BCUT2D eigenvalue weighted by molar-refractivity contribution is 7.25. The Hall–Kier alpha value is -8.24. The van der Waals surface area contributed by atoms with E-state index in [1.54, 1.807) is 0 Å². The molecule has 66 heavy (non-hydrogen) atoms. The molecule has 0 saturated carbocycles. The number of benzene rings is 11. The standard InChI is InChI=1S/C63H38O2S/c1-37-33-40(25-29-42(37)63-50-18-4-2-16-48(50)62(49-17-3-5-19-51(49)63)41-27-31-58-53(36-41)46-14-7-10-23-56(46)65-58)61-43(38-26-30-57-52(34-38)45-13-6-9-22-55(45)64-57)20-12-21-44(61)39-28-32-60-54(35-39)47-15-8-11-24-59(47)66-60/h2-36H,1H3. The maximum absolute atomic E-state index is 6.31. The minimum atomic E-state index is 0.897. The van der Waals surface area contributed by atoms with Crippen LogP contribution in [0.5, 0.6) is 0 Å². The molecule has 11 aromatic carbocycles. The Morgan fingerprint density at radius 2 is 0.712 bits per heavy atom. The summed E-state index contributed by atoms with van der Waals surface area (Å²) in [7, 11) is 0. The van der Waals surface area contributed by atoms with Crippen LogP contribution in [-0.2, 0) is 0 Å². The van der Waals surface area contributed by atoms with Crippen molar-refractivity contribution in [3.63, 3.8) is 0 Å². The number of rotatable bonds is 5. The molecule has 3 heterocycles. The number of fused-ring (bicyclic) bond motifs is 11. The van der Waals surface area contributed by atoms with Gasteiger partial charge in [0.25, 0.3) is 0 Å². The van der Waals surface area contributed by atoms with E-state index in [1.165, 1.54) is 97.4 Å². The predicted molar refractivity (Wildman–Crippen MR) is 281 cm³/mol. The van der Waals surface area contributed by atoms with Crippen LogP contribution in [0.1, 0.15) is 5.56 Å². The average Bonchev–Trinajstić information content (AvgIpc) is 4.06. The number of thiophene rings is 1. The fourth-order valence-corrected chi connectivity index (χ4v) is 11.9. The molecule has 308 valence electrons. The topological polar surface area (TPSA) is 26.3 Å². The normalized spacial score (nSPS) is 12.0. The van der Waals surface area contributed by atoms with Crippen LogP contribution < -0.4 is 0 Å². The molecule has 14 aromatic rings. The number of hydrogen-bond acceptors (Lipinski definition) is 3. The summed E-state index contributed by atoms with van der Waals surface area (Å²) in [5.74, 6) is 0. The predicted octanol–water partition coefficient (Wildman–Crippen LogP) is 18.8. The number of para-hydroxylation sites is 2. The van der Waals surface area contributed by atoms with E-state index >= 15 is 0 Å². The van der Waals surface area contributed by atoms with Gasteiger partial charge in [-0.3, -0.25) is 0 Å². The summed E-state index contributed by atoms with van der Waals surface area (Å²) in [5.41, 5.74) is 16.9. The second-order valence-corrected chi connectivity index (χ2v) is 18.6. The van der Waals surface area contributed by atoms with Crippen molar-refractivity contribution in [3.05, 3.63) is 218 Å². The van der Waals surface area contributed by atoms with Gasteiger partial charge in [0.15, 0.2) is 0 Å². The third-order valence-electron chi connectivity index (χ3n) is 13.8. The Morgan fingerprint density at radius 1 is 0.273 bits per heavy atom. The average molecular weight is 859 g/mol. The fourth-order valence-electron chi connectivity index (χ4n) is 10.8. The largest absolute Gasteiger partial charge is 0.456 e. The lowest BCUT2D eigenvalue weighted by Crippen LogP contribution is -1.94. The van der Waals surface area contributed by atoms with Crippen molar-refractivity contribution in [3.8, 4) is 55.6 Å². The molecule has 0 bridgehead atoms. The van der Waals surface area contributed by atoms with Crippen LogP contribution in [-0.4, -0.2) is 0 Å². The van der Waals surface area contributed by atoms with E-state index in [0.29, 0.717) is 0 Å². The van der Waals surface area contributed by atoms with Gasteiger partial charge in [0.05, 0.1) is 0 Å². The third-order valence-corrected chi connectivity index (χ3v) is 15.0. The summed E-state index contributed by atoms with van der Waals surface area (Å²) in [4.78, 5) is 0. The smallest absolute Gasteiger partial charge is 0.135 e. The van der Waals surface area contributed by atoms with Gasteiger partial charge in [-0.15, -0.1) is 11.3 Å². The molecule has 3 heteroatoms. The Bertz CT molecular complexity index is 4120. The Labute approximate surface area is 384 Å². The van der Waals surface area contributed by atoms with Gasteiger partial charge < -0.3 is 8.83 Å². The lowest BCUT2D eigenvalue weighted by Gasteiger charge is -2.21. The first-order valence-corrected chi connectivity index (χ1v) is 23.4. The summed E-state index contributed by atoms with van der Waals surface area (Å²) in [5, 5.41) is 12.0. The summed E-state index contributed by atoms with van der Waals surface area (Å²) in [6.45, 7) is 2.28. The number of hydrogen-bond donors (Lipinski definition) is 0. The van der Waals surface area contributed by atoms with Crippen molar-refractivity contribution < 1.29 is 8.83 Å². The van der Waals surface area contributed by atoms with E-state index in [0.717, 1.165) is 49.4 Å². The molecular formula is C63H38O2S. The molecule has 0 fully saturated rings. The summed E-state index contributed by atoms with van der Waals surface area (Å²) < 4.78 is 15.2. The molecule has 0 amide bonds. The van der Waals surface area contributed by atoms with Crippen LogP contribution in [0.25, 0.3) is 141 Å². The van der Waals surface area contributed by atoms with Gasteiger partial charge in [-0.2, -0.15) is 0 Å². The lowest BCUT2D eigenvalue weighted by molar-refractivity contribution is 0.668. The summed E-state index contributed by atoms with van der Waals surface area (Å²) >= 11 is 1.86. The van der Waals surface area contributed by atoms with E-state index in [4.69, 9.17) is 8.83 Å². The Balaban J connectivity index is 0.983. The van der Waals surface area contributed by atoms with Gasteiger partial charge in [0, 0.05) is 41.7 Å². The van der Waals surface area contributed by atoms with Gasteiger partial charge in [-0.1, -0.05) is 158 Å². The van der Waals surface area contributed by atoms with Crippen LogP contribution in [0.3, 0.4) is 0 Å². The molecule has 0 N–H and O–H groups in total. The van der Waals surface area contributed by atoms with Crippen molar-refractivity contribution in [1.82, 2.24) is 0 Å². The first-order chi connectivity index (χ1) is 32.6. The van der Waals surface area contributed by atoms with Gasteiger partial charge in [-0.05, 0) is 144 Å². The highest BCUT2D eigenvalue weighted by Crippen LogP contribution is 2.48. The van der Waals surface area contributed by atoms with Crippen molar-refractivity contribution in [2.75, 3.05) is 0 Å². The monoisotopic (exact) mass is 858 g/mol. The zero-order chi connectivity index (χ0) is 43.5. The highest BCUT2D eigenvalue weighted by Gasteiger charge is 2.22. The molecule has 0 radical (unpaired) electrons. The summed E-state index contributed by atoms with van der Waals surface area (Å²) in [6, 6.07) is 77.6. The Kier molecular flexibility index (Phi) is 8.10. The minimum absolute atomic E-state index is 0.897. The molecule has 3 aromatic heterocycles. The molecule has 0 atom stereocenters. The van der Waals surface area contributed by atoms with Crippen molar-refractivity contribution in [2.24, 2.45) is 0 Å². The van der Waals surface area contributed by atoms with Crippen LogP contribution in [0.15, 0.2) is 221 Å². The molecule has 0 saturated heterocycles. The lowest BCUT2D eigenvalue weighted by atomic mass is 9.83. The molecule has 0 aliphatic heterocycles. The molecular weight excluding hydrogens is 821 g/mol. The number of aryl methyl sites for hydroxylation is 1. The van der Waals surface area contributed by atoms with Crippen LogP contribution >= 0.6 is 11.3 Å². The van der Waals surface area contributed by atoms with Crippen molar-refractivity contribution in [1.29, 1.82) is 0 Å². The number of furan rings is 2. The molecule has 14 rings (SSSR count). The van der Waals surface area contributed by atoms with Gasteiger partial charge in [-0.25, -0.2) is 0 Å². The third kappa shape index (κ3) is 5.60. The SMILES string of the molecule is Cc1cc(-c2c(-c3ccc4oc5ccccc5c4c3)cccc2-c2ccc3sc4ccccc4c3c2)ccc1-c1c2ccccc2c(-c2ccc3oc4ccccc4c3c2)c2ccccc12. The zero-order valence-electron chi connectivity index (χ0n) is 35.9. The van der Waals surface area contributed by atoms with Gasteiger partial charge in [0.2, 0.25) is 0 Å². The summed E-state index contributed by atoms with van der Waals surface area (Å²) in [6.07, 6.45) is 0. The van der Waals surface area contributed by atoms with Crippen molar-refractivity contribution in [2.45, 2.75) is 6.92 Å². The van der Waals surface area contributed by atoms with E-state index < -0.39 is 0 Å². The second kappa shape index (κ2) is 14.4. The maximum atomic E-state index is 6.31. The molecule has 0 aliphatic rings. The second-order valence-electron chi connectivity index (χ2n) is 17.5. The highest BCUT2D eigenvalue weighted by atomic mass is 32.1. The molecule has 0 aliphatic carbocycles. The fraction of sp³-hybridized carbons (Fsp3) is 0.0159. The van der Waals surface area contributed by atoms with Gasteiger partial charge >= 0.3 is 0 Å². The van der Waals surface area contributed by atoms with Crippen LogP contribution in [0.4, 0.5) is 0 Å². The van der Waals surface area contributed by atoms with E-state index in [1.807, 2.05) is 23.5 Å². The van der Waals surface area contributed by atoms with Gasteiger partial charge in [0.1, 0.15) is 22.3 Å². The van der Waals surface area contributed by atoms with Crippen molar-refractivity contribution >= 4 is 96.9 Å². The van der Waals surface area contributed by atoms with Crippen LogP contribution in [0.2, 0.25) is 0 Å². The Morgan fingerprint density at radius 3 is 1.33 bits per heavy atom. The molecule has 0 spiro atoms. The maximum Gasteiger partial charge on any atom is 0.135 e. The first-order valence-electron chi connectivity index (χ1n) is 22.6. The molecule has 0 unspecified atom stereocenters.